The van der Waals surface area contributed by atoms with Gasteiger partial charge in [0.25, 0.3) is 5.91 Å². The highest BCUT2D eigenvalue weighted by atomic mass is 16.6. The van der Waals surface area contributed by atoms with Gasteiger partial charge in [0.1, 0.15) is 22.5 Å². The van der Waals surface area contributed by atoms with Crippen LogP contribution in [0, 0.1) is 5.21 Å². The van der Waals surface area contributed by atoms with E-state index in [0.717, 1.165) is 5.56 Å². The number of carbonyl (C=O) groups is 2. The van der Waals surface area contributed by atoms with E-state index >= 15 is 0 Å². The second-order valence-electron chi connectivity index (χ2n) is 8.35. The molecule has 1 amide bonds. The minimum Gasteiger partial charge on any atom is -0.619 e. The Morgan fingerprint density at radius 3 is 2.55 bits per heavy atom. The van der Waals surface area contributed by atoms with Crippen LogP contribution in [0.1, 0.15) is 41.6 Å². The molecule has 33 heavy (non-hydrogen) atoms. The summed E-state index contributed by atoms with van der Waals surface area (Å²) in [6.07, 6.45) is 6.07. The van der Waals surface area contributed by atoms with E-state index in [0.29, 0.717) is 15.9 Å². The third-order valence-electron chi connectivity index (χ3n) is 6.30. The number of benzene rings is 1. The highest BCUT2D eigenvalue weighted by Crippen LogP contribution is 2.49. The van der Waals surface area contributed by atoms with E-state index < -0.39 is 23.1 Å². The average Bonchev–Trinajstić information content (AvgIpc) is 3.07. The van der Waals surface area contributed by atoms with E-state index in [2.05, 4.69) is 15.3 Å². The number of anilines is 1. The average molecular weight is 448 g/mol. The molecule has 0 bridgehead atoms. The molecule has 1 aromatic carbocycles. The third kappa shape index (κ3) is 3.64. The fourth-order valence-corrected chi connectivity index (χ4v) is 4.44. The molecule has 0 atom stereocenters. The van der Waals surface area contributed by atoms with Crippen molar-refractivity contribution in [1.82, 2.24) is 9.97 Å². The zero-order valence-electron chi connectivity index (χ0n) is 17.4. The third-order valence-corrected chi connectivity index (χ3v) is 6.30. The molecule has 0 radical (unpaired) electrons. The summed E-state index contributed by atoms with van der Waals surface area (Å²) >= 11 is 0. The van der Waals surface area contributed by atoms with Gasteiger partial charge in [0.15, 0.2) is 12.4 Å². The zero-order valence-corrected chi connectivity index (χ0v) is 17.4. The van der Waals surface area contributed by atoms with Crippen molar-refractivity contribution in [3.05, 3.63) is 71.5 Å². The van der Waals surface area contributed by atoms with Crippen molar-refractivity contribution in [2.24, 2.45) is 0 Å². The van der Waals surface area contributed by atoms with Crippen LogP contribution in [0.5, 0.6) is 5.75 Å². The van der Waals surface area contributed by atoms with Gasteiger partial charge < -0.3 is 20.2 Å². The molecule has 5 rings (SSSR count). The molecule has 3 N–H and O–H groups in total. The van der Waals surface area contributed by atoms with Gasteiger partial charge in [-0.25, -0.2) is 14.8 Å². The Morgan fingerprint density at radius 1 is 1.12 bits per heavy atom. The number of aromatic hydroxyl groups is 1. The first-order chi connectivity index (χ1) is 15.8. The molecule has 10 nitrogen and oxygen atoms in total. The first-order valence-electron chi connectivity index (χ1n) is 10.4. The van der Waals surface area contributed by atoms with Crippen LogP contribution < -0.4 is 10.0 Å². The fourth-order valence-electron chi connectivity index (χ4n) is 4.44. The molecule has 0 unspecified atom stereocenters. The van der Waals surface area contributed by atoms with Gasteiger partial charge >= 0.3 is 5.97 Å². The first kappa shape index (κ1) is 20.8. The Balaban J connectivity index is 1.28. The molecule has 1 spiro atoms. The molecule has 168 valence electrons. The van der Waals surface area contributed by atoms with Crippen molar-refractivity contribution in [1.29, 1.82) is 0 Å². The summed E-state index contributed by atoms with van der Waals surface area (Å²) in [5, 5.41) is 34.7. The molecular weight excluding hydrogens is 428 g/mol. The number of rotatable bonds is 3. The number of ether oxygens (including phenoxy) is 1. The number of nitrogens with zero attached hydrogens (tertiary/aromatic N) is 3. The molecular formula is C23H20N4O6. The van der Waals surface area contributed by atoms with Crippen LogP contribution in [0.2, 0.25) is 0 Å². The number of amides is 1. The number of aromatic nitrogens is 3. The van der Waals surface area contributed by atoms with Gasteiger partial charge in [0, 0.05) is 29.6 Å². The molecule has 3 aromatic rings. The molecule has 1 aliphatic carbocycles. The summed E-state index contributed by atoms with van der Waals surface area (Å²) in [7, 11) is 0. The summed E-state index contributed by atoms with van der Waals surface area (Å²) in [4.78, 5) is 33.3. The van der Waals surface area contributed by atoms with Gasteiger partial charge in [0.05, 0.1) is 0 Å². The van der Waals surface area contributed by atoms with Gasteiger partial charge in [-0.1, -0.05) is 12.1 Å². The quantitative estimate of drug-likeness (QED) is 0.312. The Kier molecular flexibility index (Phi) is 4.75. The number of phenolic OH excluding ortho intramolecular Hbond substituents is 1. The molecule has 2 aliphatic rings. The van der Waals surface area contributed by atoms with Crippen molar-refractivity contribution in [3.8, 4) is 16.9 Å². The van der Waals surface area contributed by atoms with Gasteiger partial charge in [0.2, 0.25) is 5.95 Å². The van der Waals surface area contributed by atoms with Crippen LogP contribution >= 0.6 is 0 Å². The SMILES string of the molecule is O=C1OC2(CCC(O)(C(=O)Nc3ncc(-c4cccc(O)c4)cn3)CC2)c2cc[n+]([O-])cc21. The summed E-state index contributed by atoms with van der Waals surface area (Å²) in [5.74, 6) is -1.07. The highest BCUT2D eigenvalue weighted by molar-refractivity contribution is 5.96. The number of esters is 1. The monoisotopic (exact) mass is 448 g/mol. The van der Waals surface area contributed by atoms with Crippen molar-refractivity contribution in [2.45, 2.75) is 36.9 Å². The summed E-state index contributed by atoms with van der Waals surface area (Å²) < 4.78 is 6.13. The Labute approximate surface area is 188 Å². The number of carbonyl (C=O) groups excluding carboxylic acids is 2. The Hall–Kier alpha value is -4.05. The van der Waals surface area contributed by atoms with E-state index in [1.165, 1.54) is 24.8 Å². The largest absolute Gasteiger partial charge is 0.619 e. The van der Waals surface area contributed by atoms with E-state index in [-0.39, 0.29) is 42.9 Å². The molecule has 2 aromatic heterocycles. The van der Waals surface area contributed by atoms with Gasteiger partial charge in [-0.05, 0) is 43.4 Å². The van der Waals surface area contributed by atoms with Crippen LogP contribution in [-0.4, -0.2) is 37.7 Å². The summed E-state index contributed by atoms with van der Waals surface area (Å²) in [5.41, 5.74) is -0.440. The number of fused-ring (bicyclic) bond motifs is 2. The van der Waals surface area contributed by atoms with Crippen molar-refractivity contribution >= 4 is 17.8 Å². The fraction of sp³-hybridized carbons (Fsp3) is 0.261. The van der Waals surface area contributed by atoms with Crippen LogP contribution in [0.4, 0.5) is 5.95 Å². The number of aliphatic hydroxyl groups is 1. The predicted octanol–water partition coefficient (Wildman–Crippen LogP) is 1.79. The van der Waals surface area contributed by atoms with Crippen molar-refractivity contribution in [2.75, 3.05) is 5.32 Å². The summed E-state index contributed by atoms with van der Waals surface area (Å²) in [6, 6.07) is 8.17. The first-order valence-corrected chi connectivity index (χ1v) is 10.4. The van der Waals surface area contributed by atoms with Crippen molar-refractivity contribution < 1.29 is 29.3 Å². The predicted molar refractivity (Wildman–Crippen MR) is 114 cm³/mol. The van der Waals surface area contributed by atoms with E-state index in [1.807, 2.05) is 0 Å². The molecule has 0 saturated heterocycles. The van der Waals surface area contributed by atoms with Crippen LogP contribution in [-0.2, 0) is 15.1 Å². The molecule has 10 heteroatoms. The smallest absolute Gasteiger partial charge is 0.345 e. The zero-order chi connectivity index (χ0) is 23.2. The molecule has 1 fully saturated rings. The second kappa shape index (κ2) is 7.52. The number of nitrogens with one attached hydrogen (secondary N) is 1. The molecule has 1 aliphatic heterocycles. The number of pyridine rings is 1. The number of phenols is 1. The van der Waals surface area contributed by atoms with Crippen LogP contribution in [0.3, 0.4) is 0 Å². The summed E-state index contributed by atoms with van der Waals surface area (Å²) in [6.45, 7) is 0. The second-order valence-corrected chi connectivity index (χ2v) is 8.35. The van der Waals surface area contributed by atoms with Gasteiger partial charge in [-0.15, -0.1) is 0 Å². The number of hydrogen-bond acceptors (Lipinski definition) is 8. The van der Waals surface area contributed by atoms with E-state index in [9.17, 15) is 25.0 Å². The minimum atomic E-state index is -1.68. The Morgan fingerprint density at radius 2 is 1.85 bits per heavy atom. The maximum Gasteiger partial charge on any atom is 0.345 e. The lowest BCUT2D eigenvalue weighted by Gasteiger charge is -2.40. The van der Waals surface area contributed by atoms with Crippen LogP contribution in [0.25, 0.3) is 11.1 Å². The lowest BCUT2D eigenvalue weighted by atomic mass is 9.72. The lowest BCUT2D eigenvalue weighted by Crippen LogP contribution is -2.49. The lowest BCUT2D eigenvalue weighted by molar-refractivity contribution is -0.605. The molecule has 3 heterocycles. The van der Waals surface area contributed by atoms with Crippen molar-refractivity contribution in [3.63, 3.8) is 0 Å². The van der Waals surface area contributed by atoms with Gasteiger partial charge in [-0.2, -0.15) is 4.73 Å². The highest BCUT2D eigenvalue weighted by Gasteiger charge is 2.53. The topological polar surface area (TPSA) is 149 Å². The standard InChI is InChI=1S/C23H20N4O6/c28-16-3-1-2-14(10-16)15-11-24-21(25-12-15)26-20(30)22(31)5-7-23(8-6-22)18-4-9-27(32)13-17(18)19(29)33-23/h1-4,9-13,28,31H,5-8H2,(H,24,25,26,30). The molecule has 1 saturated carbocycles. The minimum absolute atomic E-state index is 0.0373. The normalized spacial score (nSPS) is 23.7. The van der Waals surface area contributed by atoms with Gasteiger partial charge in [-0.3, -0.25) is 10.1 Å². The van der Waals surface area contributed by atoms with Crippen LogP contribution in [0.15, 0.2) is 55.1 Å². The van der Waals surface area contributed by atoms with E-state index in [4.69, 9.17) is 4.74 Å². The number of hydrogen-bond donors (Lipinski definition) is 3. The Bertz CT molecular complexity index is 1250. The maximum atomic E-state index is 12.8. The van der Waals surface area contributed by atoms with E-state index in [1.54, 1.807) is 30.3 Å². The maximum absolute atomic E-state index is 12.8.